The highest BCUT2D eigenvalue weighted by Crippen LogP contribution is 2.29. The van der Waals surface area contributed by atoms with Crippen molar-refractivity contribution in [2.75, 3.05) is 19.8 Å². The number of sulfonamides is 1. The number of halogens is 3. The maximum Gasteiger partial charge on any atom is 0.573 e. The maximum absolute atomic E-state index is 12.3. The third-order valence-corrected chi connectivity index (χ3v) is 3.97. The second-order valence-electron chi connectivity index (χ2n) is 4.19. The van der Waals surface area contributed by atoms with E-state index in [9.17, 15) is 21.6 Å². The molecule has 1 rings (SSSR count). The van der Waals surface area contributed by atoms with Crippen LogP contribution in [0, 0.1) is 0 Å². The summed E-state index contributed by atoms with van der Waals surface area (Å²) in [5.41, 5.74) is 0. The van der Waals surface area contributed by atoms with Crippen molar-refractivity contribution in [2.45, 2.75) is 31.4 Å². The van der Waals surface area contributed by atoms with Crippen LogP contribution in [-0.2, 0) is 19.5 Å². The highest BCUT2D eigenvalue weighted by Gasteiger charge is 2.34. The van der Waals surface area contributed by atoms with Crippen LogP contribution in [0.3, 0.4) is 0 Å². The minimum atomic E-state index is -5.00. The summed E-state index contributed by atoms with van der Waals surface area (Å²) in [5.74, 6) is -0.808. The van der Waals surface area contributed by atoms with Gasteiger partial charge in [0.15, 0.2) is 6.29 Å². The minimum absolute atomic E-state index is 0.246. The summed E-state index contributed by atoms with van der Waals surface area (Å²) >= 11 is 0. The van der Waals surface area contributed by atoms with Crippen LogP contribution in [0.5, 0.6) is 5.75 Å². The van der Waals surface area contributed by atoms with Crippen LogP contribution in [-0.4, -0.2) is 40.8 Å². The monoisotopic (exact) mass is 357 g/mol. The van der Waals surface area contributed by atoms with E-state index in [0.29, 0.717) is 13.2 Å². The van der Waals surface area contributed by atoms with E-state index in [0.717, 1.165) is 12.1 Å². The Labute approximate surface area is 132 Å². The third kappa shape index (κ3) is 6.73. The van der Waals surface area contributed by atoms with Crippen molar-refractivity contribution in [3.63, 3.8) is 0 Å². The van der Waals surface area contributed by atoms with E-state index in [1.165, 1.54) is 12.1 Å². The van der Waals surface area contributed by atoms with Gasteiger partial charge in [0.25, 0.3) is 0 Å². The van der Waals surface area contributed by atoms with Gasteiger partial charge in [-0.1, -0.05) is 12.1 Å². The molecule has 0 atom stereocenters. The van der Waals surface area contributed by atoms with Gasteiger partial charge in [-0.15, -0.1) is 13.2 Å². The number of hydrogen-bond donors (Lipinski definition) is 1. The molecule has 0 saturated carbocycles. The zero-order chi connectivity index (χ0) is 17.5. The Kier molecular flexibility index (Phi) is 7.26. The van der Waals surface area contributed by atoms with Gasteiger partial charge in [0.1, 0.15) is 10.6 Å². The van der Waals surface area contributed by atoms with Crippen molar-refractivity contribution in [1.29, 1.82) is 0 Å². The molecule has 0 amide bonds. The molecule has 10 heteroatoms. The average Bonchev–Trinajstić information content (AvgIpc) is 2.44. The summed E-state index contributed by atoms with van der Waals surface area (Å²) in [7, 11) is -4.23. The number of benzene rings is 1. The van der Waals surface area contributed by atoms with Gasteiger partial charge in [0.05, 0.1) is 6.54 Å². The lowest BCUT2D eigenvalue weighted by Gasteiger charge is -2.18. The standard InChI is InChI=1S/C13H18F3NO5S/c1-3-20-12(21-4-2)9-17-23(18,19)11-8-6-5-7-10(11)22-13(14,15)16/h5-8,12,17H,3-4,9H2,1-2H3. The van der Waals surface area contributed by atoms with Crippen molar-refractivity contribution in [3.05, 3.63) is 24.3 Å². The van der Waals surface area contributed by atoms with Gasteiger partial charge in [0, 0.05) is 13.2 Å². The second kappa shape index (κ2) is 8.48. The minimum Gasteiger partial charge on any atom is -0.404 e. The zero-order valence-electron chi connectivity index (χ0n) is 12.6. The molecule has 0 saturated heterocycles. The summed E-state index contributed by atoms with van der Waals surface area (Å²) in [6.07, 6.45) is -5.83. The zero-order valence-corrected chi connectivity index (χ0v) is 13.4. The molecule has 6 nitrogen and oxygen atoms in total. The molecule has 1 aromatic carbocycles. The van der Waals surface area contributed by atoms with Crippen LogP contribution in [0.4, 0.5) is 13.2 Å². The molecule has 0 aliphatic heterocycles. The quantitative estimate of drug-likeness (QED) is 0.687. The van der Waals surface area contributed by atoms with Gasteiger partial charge in [0.2, 0.25) is 10.0 Å². The molecule has 23 heavy (non-hydrogen) atoms. The lowest BCUT2D eigenvalue weighted by Crippen LogP contribution is -2.35. The highest BCUT2D eigenvalue weighted by molar-refractivity contribution is 7.89. The van der Waals surface area contributed by atoms with Crippen molar-refractivity contribution in [1.82, 2.24) is 4.72 Å². The number of rotatable bonds is 9. The molecular weight excluding hydrogens is 339 g/mol. The maximum atomic E-state index is 12.3. The molecule has 0 aliphatic carbocycles. The van der Waals surface area contributed by atoms with Crippen LogP contribution < -0.4 is 9.46 Å². The Morgan fingerprint density at radius 3 is 2.22 bits per heavy atom. The number of alkyl halides is 3. The smallest absolute Gasteiger partial charge is 0.404 e. The molecule has 0 unspecified atom stereocenters. The fourth-order valence-electron chi connectivity index (χ4n) is 1.67. The molecular formula is C13H18F3NO5S. The van der Waals surface area contributed by atoms with Crippen molar-refractivity contribution >= 4 is 10.0 Å². The fraction of sp³-hybridized carbons (Fsp3) is 0.538. The molecule has 0 fully saturated rings. The lowest BCUT2D eigenvalue weighted by molar-refractivity contribution is -0.275. The Morgan fingerprint density at radius 2 is 1.70 bits per heavy atom. The van der Waals surface area contributed by atoms with Crippen molar-refractivity contribution in [2.24, 2.45) is 0 Å². The van der Waals surface area contributed by atoms with Crippen molar-refractivity contribution in [3.8, 4) is 5.75 Å². The molecule has 0 heterocycles. The first-order valence-electron chi connectivity index (χ1n) is 6.77. The number of hydrogen-bond acceptors (Lipinski definition) is 5. The van der Waals surface area contributed by atoms with E-state index in [1.54, 1.807) is 13.8 Å². The number of ether oxygens (including phenoxy) is 3. The van der Waals surface area contributed by atoms with Gasteiger partial charge >= 0.3 is 6.36 Å². The predicted molar refractivity (Wildman–Crippen MR) is 75.4 cm³/mol. The van der Waals surface area contributed by atoms with Gasteiger partial charge in [-0.3, -0.25) is 0 Å². The van der Waals surface area contributed by atoms with Gasteiger partial charge in [-0.2, -0.15) is 0 Å². The topological polar surface area (TPSA) is 73.9 Å². The lowest BCUT2D eigenvalue weighted by atomic mass is 10.3. The number of para-hydroxylation sites is 1. The van der Waals surface area contributed by atoms with Gasteiger partial charge in [-0.25, -0.2) is 13.1 Å². The second-order valence-corrected chi connectivity index (χ2v) is 5.92. The molecule has 0 aromatic heterocycles. The molecule has 1 aromatic rings. The first kappa shape index (κ1) is 19.7. The van der Waals surface area contributed by atoms with E-state index in [1.807, 2.05) is 0 Å². The normalized spacial score (nSPS) is 12.6. The molecule has 0 radical (unpaired) electrons. The number of nitrogens with one attached hydrogen (secondary N) is 1. The third-order valence-electron chi connectivity index (χ3n) is 2.51. The molecule has 0 aliphatic rings. The summed E-state index contributed by atoms with van der Waals surface area (Å²) in [6, 6.07) is 4.47. The van der Waals surface area contributed by atoms with Crippen LogP contribution >= 0.6 is 0 Å². The van der Waals surface area contributed by atoms with Crippen LogP contribution in [0.2, 0.25) is 0 Å². The fourth-order valence-corrected chi connectivity index (χ4v) is 2.82. The Morgan fingerprint density at radius 1 is 1.13 bits per heavy atom. The van der Waals surface area contributed by atoms with Crippen LogP contribution in [0.1, 0.15) is 13.8 Å². The Bertz CT molecular complexity index is 586. The van der Waals surface area contributed by atoms with Gasteiger partial charge in [-0.05, 0) is 26.0 Å². The van der Waals surface area contributed by atoms with E-state index < -0.39 is 33.3 Å². The summed E-state index contributed by atoms with van der Waals surface area (Å²) in [6.45, 7) is 3.74. The summed E-state index contributed by atoms with van der Waals surface area (Å²) < 4.78 is 77.6. The first-order valence-corrected chi connectivity index (χ1v) is 8.25. The largest absolute Gasteiger partial charge is 0.573 e. The molecule has 132 valence electrons. The van der Waals surface area contributed by atoms with E-state index in [2.05, 4.69) is 9.46 Å². The van der Waals surface area contributed by atoms with Crippen LogP contribution in [0.15, 0.2) is 29.2 Å². The highest BCUT2D eigenvalue weighted by atomic mass is 32.2. The summed E-state index contributed by atoms with van der Waals surface area (Å²) in [5, 5.41) is 0. The van der Waals surface area contributed by atoms with Gasteiger partial charge < -0.3 is 14.2 Å². The Balaban J connectivity index is 2.91. The van der Waals surface area contributed by atoms with Crippen LogP contribution in [0.25, 0.3) is 0 Å². The summed E-state index contributed by atoms with van der Waals surface area (Å²) in [4.78, 5) is -0.621. The van der Waals surface area contributed by atoms with E-state index in [-0.39, 0.29) is 6.54 Å². The first-order chi connectivity index (χ1) is 10.7. The SMILES string of the molecule is CCOC(CNS(=O)(=O)c1ccccc1OC(F)(F)F)OCC. The Hall–Kier alpha value is -1.36. The van der Waals surface area contributed by atoms with E-state index >= 15 is 0 Å². The predicted octanol–water partition coefficient (Wildman–Crippen LogP) is 2.26. The molecule has 0 spiro atoms. The van der Waals surface area contributed by atoms with Crippen molar-refractivity contribution < 1.29 is 35.8 Å². The molecule has 1 N–H and O–H groups in total. The van der Waals surface area contributed by atoms with E-state index in [4.69, 9.17) is 9.47 Å². The molecule has 0 bridgehead atoms. The average molecular weight is 357 g/mol.